The van der Waals surface area contributed by atoms with Crippen molar-refractivity contribution in [3.8, 4) is 5.75 Å². The average molecular weight is 335 g/mol. The summed E-state index contributed by atoms with van der Waals surface area (Å²) >= 11 is 0. The molecule has 0 radical (unpaired) electrons. The summed E-state index contributed by atoms with van der Waals surface area (Å²) in [5, 5.41) is 0. The van der Waals surface area contributed by atoms with Gasteiger partial charge in [0.2, 0.25) is 0 Å². The van der Waals surface area contributed by atoms with Gasteiger partial charge in [0, 0.05) is 42.7 Å². The zero-order valence-electron chi connectivity index (χ0n) is 15.0. The monoisotopic (exact) mass is 335 g/mol. The Labute approximate surface area is 149 Å². The van der Waals surface area contributed by atoms with Crippen LogP contribution in [0.1, 0.15) is 65.9 Å². The molecule has 25 heavy (non-hydrogen) atoms. The van der Waals surface area contributed by atoms with Crippen LogP contribution >= 0.6 is 0 Å². The Balaban J connectivity index is 1.41. The lowest BCUT2D eigenvalue weighted by Crippen LogP contribution is -2.37. The Morgan fingerprint density at radius 2 is 2.08 bits per heavy atom. The highest BCUT2D eigenvalue weighted by Crippen LogP contribution is 2.45. The third-order valence-corrected chi connectivity index (χ3v) is 6.12. The Kier molecular flexibility index (Phi) is 3.56. The van der Waals surface area contributed by atoms with Gasteiger partial charge >= 0.3 is 0 Å². The van der Waals surface area contributed by atoms with Crippen molar-refractivity contribution >= 4 is 0 Å². The van der Waals surface area contributed by atoms with Gasteiger partial charge in [0.25, 0.3) is 0 Å². The summed E-state index contributed by atoms with van der Waals surface area (Å²) in [4.78, 5) is 12.3. The van der Waals surface area contributed by atoms with E-state index in [0.29, 0.717) is 18.0 Å². The molecule has 0 N–H and O–H groups in total. The lowest BCUT2D eigenvalue weighted by atomic mass is 9.98. The summed E-state index contributed by atoms with van der Waals surface area (Å²) in [6.45, 7) is 3.12. The molecule has 2 bridgehead atoms. The largest absolute Gasteiger partial charge is 0.496 e. The van der Waals surface area contributed by atoms with Gasteiger partial charge in [-0.3, -0.25) is 4.90 Å². The van der Waals surface area contributed by atoms with Gasteiger partial charge in [0.05, 0.1) is 12.8 Å². The quantitative estimate of drug-likeness (QED) is 0.848. The zero-order valence-corrected chi connectivity index (χ0v) is 15.0. The molecule has 4 heteroatoms. The first-order valence-electron chi connectivity index (χ1n) is 9.48. The highest BCUT2D eigenvalue weighted by atomic mass is 16.5. The van der Waals surface area contributed by atoms with Crippen molar-refractivity contribution in [1.82, 2.24) is 14.9 Å². The van der Waals surface area contributed by atoms with Crippen molar-refractivity contribution < 1.29 is 4.74 Å². The molecule has 1 aliphatic carbocycles. The standard InChI is InChI=1S/C21H25N3O/c1-13-9-14(3-8-20(13)25-2)12-24-16-6-7-19(24)17-11-22-21(15-4-5-15)23-18(17)10-16/h3,8-9,11,15-16,19H,4-7,10,12H2,1-2H3/t16-,19-/m0/s1. The summed E-state index contributed by atoms with van der Waals surface area (Å²) in [6.07, 6.45) is 8.27. The second-order valence-corrected chi connectivity index (χ2v) is 7.83. The molecule has 0 spiro atoms. The van der Waals surface area contributed by atoms with Crippen molar-refractivity contribution in [2.45, 2.75) is 63.6 Å². The van der Waals surface area contributed by atoms with E-state index < -0.39 is 0 Å². The number of nitrogens with zero attached hydrogens (tertiary/aromatic N) is 3. The fourth-order valence-corrected chi connectivity index (χ4v) is 4.62. The van der Waals surface area contributed by atoms with Crippen LogP contribution in [0.15, 0.2) is 24.4 Å². The van der Waals surface area contributed by atoms with E-state index in [1.807, 2.05) is 0 Å². The van der Waals surface area contributed by atoms with Crippen LogP contribution in [0.25, 0.3) is 0 Å². The molecule has 1 saturated carbocycles. The van der Waals surface area contributed by atoms with E-state index in [2.05, 4.69) is 36.2 Å². The van der Waals surface area contributed by atoms with Crippen LogP contribution in [0, 0.1) is 6.92 Å². The Bertz CT molecular complexity index is 815. The predicted octanol–water partition coefficient (Wildman–Crippen LogP) is 3.93. The molecule has 4 nitrogen and oxygen atoms in total. The molecule has 2 aromatic rings. The van der Waals surface area contributed by atoms with E-state index in [1.165, 1.54) is 48.1 Å². The topological polar surface area (TPSA) is 38.2 Å². The minimum Gasteiger partial charge on any atom is -0.496 e. The van der Waals surface area contributed by atoms with E-state index in [-0.39, 0.29) is 0 Å². The summed E-state index contributed by atoms with van der Waals surface area (Å²) in [5.74, 6) is 2.71. The zero-order chi connectivity index (χ0) is 17.0. The fourth-order valence-electron chi connectivity index (χ4n) is 4.62. The summed E-state index contributed by atoms with van der Waals surface area (Å²) in [5.41, 5.74) is 5.28. The molecule has 130 valence electrons. The second-order valence-electron chi connectivity index (χ2n) is 7.83. The van der Waals surface area contributed by atoms with Crippen molar-refractivity contribution in [3.05, 3.63) is 52.6 Å². The van der Waals surface area contributed by atoms with E-state index in [9.17, 15) is 0 Å². The van der Waals surface area contributed by atoms with Gasteiger partial charge in [-0.2, -0.15) is 0 Å². The molecule has 3 heterocycles. The maximum absolute atomic E-state index is 5.40. The maximum Gasteiger partial charge on any atom is 0.131 e. The van der Waals surface area contributed by atoms with Crippen LogP contribution in [0.5, 0.6) is 5.75 Å². The molecule has 0 unspecified atom stereocenters. The van der Waals surface area contributed by atoms with Crippen LogP contribution in [-0.4, -0.2) is 28.0 Å². The lowest BCUT2D eigenvalue weighted by Gasteiger charge is -2.35. The molecular formula is C21H25N3O. The predicted molar refractivity (Wildman–Crippen MR) is 96.7 cm³/mol. The highest BCUT2D eigenvalue weighted by Gasteiger charge is 2.41. The second kappa shape index (κ2) is 5.80. The molecule has 0 amide bonds. The normalized spacial score (nSPS) is 25.0. The van der Waals surface area contributed by atoms with Gasteiger partial charge in [-0.05, 0) is 49.8 Å². The van der Waals surface area contributed by atoms with Gasteiger partial charge in [0.15, 0.2) is 0 Å². The van der Waals surface area contributed by atoms with Crippen LogP contribution in [0.2, 0.25) is 0 Å². The van der Waals surface area contributed by atoms with Gasteiger partial charge < -0.3 is 4.74 Å². The van der Waals surface area contributed by atoms with Gasteiger partial charge in [-0.15, -0.1) is 0 Å². The van der Waals surface area contributed by atoms with Crippen LogP contribution < -0.4 is 4.74 Å². The van der Waals surface area contributed by atoms with E-state index in [4.69, 9.17) is 14.7 Å². The molecule has 2 aliphatic heterocycles. The summed E-state index contributed by atoms with van der Waals surface area (Å²) < 4.78 is 5.40. The molecule has 1 aromatic carbocycles. The van der Waals surface area contributed by atoms with Crippen LogP contribution in [0.4, 0.5) is 0 Å². The number of hydrogen-bond acceptors (Lipinski definition) is 4. The van der Waals surface area contributed by atoms with E-state index in [0.717, 1.165) is 24.5 Å². The molecule has 5 rings (SSSR count). The van der Waals surface area contributed by atoms with Crippen LogP contribution in [-0.2, 0) is 13.0 Å². The van der Waals surface area contributed by atoms with Crippen molar-refractivity contribution in [1.29, 1.82) is 0 Å². The molecule has 1 saturated heterocycles. The summed E-state index contributed by atoms with van der Waals surface area (Å²) in [6, 6.07) is 7.68. The first kappa shape index (κ1) is 15.3. The minimum atomic E-state index is 0.490. The van der Waals surface area contributed by atoms with Crippen molar-refractivity contribution in [2.24, 2.45) is 0 Å². The van der Waals surface area contributed by atoms with E-state index in [1.54, 1.807) is 7.11 Å². The number of methoxy groups -OCH3 is 1. The van der Waals surface area contributed by atoms with Gasteiger partial charge in [0.1, 0.15) is 11.6 Å². The lowest BCUT2D eigenvalue weighted by molar-refractivity contribution is 0.166. The number of benzene rings is 1. The molecule has 1 aromatic heterocycles. The molecule has 2 atom stereocenters. The number of fused-ring (bicyclic) bond motifs is 4. The van der Waals surface area contributed by atoms with Gasteiger partial charge in [-0.25, -0.2) is 9.97 Å². The van der Waals surface area contributed by atoms with Crippen molar-refractivity contribution in [2.75, 3.05) is 7.11 Å². The third-order valence-electron chi connectivity index (χ3n) is 6.12. The molecule has 3 aliphatic rings. The van der Waals surface area contributed by atoms with Crippen molar-refractivity contribution in [3.63, 3.8) is 0 Å². The van der Waals surface area contributed by atoms with Crippen LogP contribution in [0.3, 0.4) is 0 Å². The maximum atomic E-state index is 5.40. The molecular weight excluding hydrogens is 310 g/mol. The SMILES string of the molecule is COc1ccc(CN2[C@H]3CC[C@H]2c2cnc(C4CC4)nc2C3)cc1C. The minimum absolute atomic E-state index is 0.490. The third kappa shape index (κ3) is 2.63. The number of aromatic nitrogens is 2. The number of aryl methyl sites for hydroxylation is 1. The summed E-state index contributed by atoms with van der Waals surface area (Å²) in [7, 11) is 1.74. The smallest absolute Gasteiger partial charge is 0.131 e. The fraction of sp³-hybridized carbons (Fsp3) is 0.524. The number of hydrogen-bond donors (Lipinski definition) is 0. The Hall–Kier alpha value is -1.94. The highest BCUT2D eigenvalue weighted by molar-refractivity contribution is 5.37. The Morgan fingerprint density at radius 3 is 2.84 bits per heavy atom. The first-order chi connectivity index (χ1) is 12.2. The van der Waals surface area contributed by atoms with Gasteiger partial charge in [-0.1, -0.05) is 12.1 Å². The average Bonchev–Trinajstić information content (AvgIpc) is 3.42. The number of ether oxygens (including phenoxy) is 1. The first-order valence-corrected chi connectivity index (χ1v) is 9.48. The Morgan fingerprint density at radius 1 is 1.20 bits per heavy atom. The molecule has 2 fully saturated rings. The van der Waals surface area contributed by atoms with E-state index >= 15 is 0 Å². The number of rotatable bonds is 4.